The highest BCUT2D eigenvalue weighted by atomic mass is 16.7. The lowest BCUT2D eigenvalue weighted by atomic mass is 9.43. The van der Waals surface area contributed by atoms with E-state index in [0.717, 1.165) is 6.42 Å². The molecular formula is C32H49BN4O4. The number of rotatable bonds is 10. The number of hydrogen-bond donors (Lipinski definition) is 2. The second-order valence-corrected chi connectivity index (χ2v) is 13.9. The van der Waals surface area contributed by atoms with Crippen LogP contribution in [0.2, 0.25) is 0 Å². The lowest BCUT2D eigenvalue weighted by molar-refractivity contribution is -0.199. The molecule has 224 valence electrons. The van der Waals surface area contributed by atoms with Gasteiger partial charge in [-0.3, -0.25) is 14.6 Å². The summed E-state index contributed by atoms with van der Waals surface area (Å²) in [7, 11) is -0.516. The van der Waals surface area contributed by atoms with Crippen LogP contribution < -0.4 is 21.3 Å². The van der Waals surface area contributed by atoms with Gasteiger partial charge in [0.15, 0.2) is 0 Å². The average molecular weight is 565 g/mol. The Hall–Kier alpha value is -2.65. The summed E-state index contributed by atoms with van der Waals surface area (Å²) < 4.78 is 15.0. The number of nitrogens with one attached hydrogen (secondary N) is 2. The smallest absolute Gasteiger partial charge is 0.404 e. The third-order valence-corrected chi connectivity index (χ3v) is 9.50. The summed E-state index contributed by atoms with van der Waals surface area (Å²) in [4.78, 5) is 31.2. The fourth-order valence-electron chi connectivity index (χ4n) is 7.13. The van der Waals surface area contributed by atoms with Gasteiger partial charge in [0, 0.05) is 17.7 Å². The van der Waals surface area contributed by atoms with Crippen molar-refractivity contribution in [3.8, 4) is 0 Å². The van der Waals surface area contributed by atoms with Crippen molar-refractivity contribution in [2.75, 3.05) is 0 Å². The first-order valence-corrected chi connectivity index (χ1v) is 15.2. The molecule has 4 aliphatic rings. The molecule has 4 fully saturated rings. The maximum absolute atomic E-state index is 13.8. The molecule has 0 unspecified atom stereocenters. The Balaban J connectivity index is 1.49. The van der Waals surface area contributed by atoms with Gasteiger partial charge in [-0.2, -0.15) is 0 Å². The van der Waals surface area contributed by atoms with E-state index in [2.05, 4.69) is 63.4 Å². The van der Waals surface area contributed by atoms with Gasteiger partial charge in [-0.25, -0.2) is 0 Å². The molecule has 5 rings (SSSR count). The Morgan fingerprint density at radius 2 is 1.78 bits per heavy atom. The maximum atomic E-state index is 13.8. The Morgan fingerprint density at radius 3 is 2.44 bits per heavy atom. The normalized spacial score (nSPS) is 27.4. The highest BCUT2D eigenvalue weighted by Crippen LogP contribution is 2.65. The zero-order valence-electron chi connectivity index (χ0n) is 26.0. The minimum atomic E-state index is -0.701. The van der Waals surface area contributed by atoms with Gasteiger partial charge in [-0.15, -0.1) is 0 Å². The van der Waals surface area contributed by atoms with Crippen LogP contribution in [0, 0.1) is 29.1 Å². The van der Waals surface area contributed by atoms with Gasteiger partial charge in [0.25, 0.3) is 0 Å². The van der Waals surface area contributed by atoms with Crippen molar-refractivity contribution >= 4 is 32.1 Å². The van der Waals surface area contributed by atoms with Crippen LogP contribution in [0.25, 0.3) is 13.2 Å². The van der Waals surface area contributed by atoms with Crippen LogP contribution >= 0.6 is 0 Å². The monoisotopic (exact) mass is 564 g/mol. The Bertz CT molecular complexity index is 1240. The van der Waals surface area contributed by atoms with Crippen LogP contribution in [0.5, 0.6) is 0 Å². The standard InChI is InChI=1S/C32H49BN4O4/c1-20(2)14-25(35-29(38)19-37-22(5)12-10-11-13-34-18-23(37)6)30(39)36-28(15-21(3)4)33-40-27-17-24-16-26(31(24,7)8)32(27,9)41-33/h10-13,18,20-21,24-28H,5-6,14-17,19H2,1-4,7-9H3,(H,35,38)(H,36,39)/t24-,25-,26-,27+,28-,32-/m0/s1. The van der Waals surface area contributed by atoms with E-state index in [1.807, 2.05) is 13.8 Å². The molecule has 2 heterocycles. The predicted molar refractivity (Wildman–Crippen MR) is 163 cm³/mol. The Morgan fingerprint density at radius 1 is 1.07 bits per heavy atom. The number of carbonyl (C=O) groups excluding carboxylic acids is 2. The van der Waals surface area contributed by atoms with Gasteiger partial charge < -0.3 is 24.5 Å². The minimum absolute atomic E-state index is 0.0292. The predicted octanol–water partition coefficient (Wildman–Crippen LogP) is 3.16. The van der Waals surface area contributed by atoms with Gasteiger partial charge in [0.05, 0.1) is 23.0 Å². The summed E-state index contributed by atoms with van der Waals surface area (Å²) in [6.07, 6.45) is 6.66. The molecule has 41 heavy (non-hydrogen) atoms. The van der Waals surface area contributed by atoms with Crippen molar-refractivity contribution in [1.29, 1.82) is 0 Å². The molecule has 1 aromatic rings. The second kappa shape index (κ2) is 12.3. The molecule has 8 nitrogen and oxygen atoms in total. The molecular weight excluding hydrogens is 515 g/mol. The summed E-state index contributed by atoms with van der Waals surface area (Å²) >= 11 is 0. The van der Waals surface area contributed by atoms with E-state index < -0.39 is 13.2 Å². The summed E-state index contributed by atoms with van der Waals surface area (Å²) in [5.41, 5.74) is -0.106. The average Bonchev–Trinajstić information content (AvgIpc) is 3.26. The molecule has 0 spiro atoms. The molecule has 2 bridgehead atoms. The first-order valence-electron chi connectivity index (χ1n) is 15.2. The van der Waals surface area contributed by atoms with Crippen LogP contribution in [0.4, 0.5) is 0 Å². The minimum Gasteiger partial charge on any atom is -0.404 e. The van der Waals surface area contributed by atoms with Crippen LogP contribution in [0.15, 0.2) is 30.6 Å². The Labute approximate surface area is 245 Å². The van der Waals surface area contributed by atoms with Crippen molar-refractivity contribution in [2.24, 2.45) is 29.1 Å². The van der Waals surface area contributed by atoms with Crippen LogP contribution in [0.1, 0.15) is 74.1 Å². The van der Waals surface area contributed by atoms with Crippen LogP contribution in [0.3, 0.4) is 0 Å². The number of amides is 2. The number of hydrogen-bond acceptors (Lipinski definition) is 5. The van der Waals surface area contributed by atoms with Crippen molar-refractivity contribution in [1.82, 2.24) is 20.2 Å². The molecule has 2 N–H and O–H groups in total. The van der Waals surface area contributed by atoms with Gasteiger partial charge in [-0.1, -0.05) is 60.8 Å². The SMILES string of the molecule is C=c1ccccncc(=C)n1CC(=O)N[C@@H](CC(C)C)C(=O)N[C@@H](CC(C)C)B1O[C@@H]2C[C@@H]3C[C@@H](C3(C)C)[C@]2(C)O1. The highest BCUT2D eigenvalue weighted by Gasteiger charge is 2.68. The summed E-state index contributed by atoms with van der Waals surface area (Å²) in [5, 5.41) is 7.36. The van der Waals surface area contributed by atoms with E-state index in [0.29, 0.717) is 41.3 Å². The van der Waals surface area contributed by atoms with E-state index in [-0.39, 0.29) is 47.3 Å². The molecule has 1 saturated heterocycles. The van der Waals surface area contributed by atoms with E-state index >= 15 is 0 Å². The van der Waals surface area contributed by atoms with Gasteiger partial charge in [0.2, 0.25) is 11.8 Å². The second-order valence-electron chi connectivity index (χ2n) is 13.9. The lowest BCUT2D eigenvalue weighted by Crippen LogP contribution is -2.65. The molecule has 6 atom stereocenters. The molecule has 3 saturated carbocycles. The molecule has 0 aromatic carbocycles. The highest BCUT2D eigenvalue weighted by molar-refractivity contribution is 6.48. The zero-order valence-corrected chi connectivity index (χ0v) is 26.0. The molecule has 3 aliphatic carbocycles. The fraction of sp³-hybridized carbons (Fsp3) is 0.656. The lowest BCUT2D eigenvalue weighted by Gasteiger charge is -2.64. The van der Waals surface area contributed by atoms with Gasteiger partial charge in [0.1, 0.15) is 12.6 Å². The van der Waals surface area contributed by atoms with E-state index in [9.17, 15) is 9.59 Å². The largest absolute Gasteiger partial charge is 0.481 e. The molecule has 0 radical (unpaired) electrons. The van der Waals surface area contributed by atoms with E-state index in [4.69, 9.17) is 9.31 Å². The first-order chi connectivity index (χ1) is 19.2. The quantitative estimate of drug-likeness (QED) is 0.426. The fourth-order valence-corrected chi connectivity index (χ4v) is 7.13. The van der Waals surface area contributed by atoms with Crippen molar-refractivity contribution < 1.29 is 18.9 Å². The molecule has 1 aromatic heterocycles. The number of carbonyl (C=O) groups is 2. The summed E-state index contributed by atoms with van der Waals surface area (Å²) in [5.74, 6) is 0.783. The van der Waals surface area contributed by atoms with Gasteiger partial charge >= 0.3 is 7.12 Å². The Kier molecular flexibility index (Phi) is 9.39. The van der Waals surface area contributed by atoms with Crippen LogP contribution in [-0.2, 0) is 25.4 Å². The van der Waals surface area contributed by atoms with Crippen molar-refractivity contribution in [3.63, 3.8) is 0 Å². The summed E-state index contributed by atoms with van der Waals surface area (Å²) in [6, 6.07) is 4.68. The van der Waals surface area contributed by atoms with E-state index in [1.165, 1.54) is 6.42 Å². The molecule has 1 aliphatic heterocycles. The van der Waals surface area contributed by atoms with Crippen molar-refractivity contribution in [2.45, 2.75) is 104 Å². The maximum Gasteiger partial charge on any atom is 0.481 e. The van der Waals surface area contributed by atoms with E-state index in [1.54, 1.807) is 35.2 Å². The third kappa shape index (κ3) is 6.72. The molecule has 2 amide bonds. The third-order valence-electron chi connectivity index (χ3n) is 9.50. The first kappa shape index (κ1) is 31.3. The summed E-state index contributed by atoms with van der Waals surface area (Å²) in [6.45, 7) is 23.3. The van der Waals surface area contributed by atoms with Crippen molar-refractivity contribution in [3.05, 3.63) is 41.3 Å². The topological polar surface area (TPSA) is 94.5 Å². The molecule has 9 heteroatoms. The zero-order chi connectivity index (χ0) is 30.1. The number of nitrogens with zero attached hydrogens (tertiary/aromatic N) is 2. The number of aromatic nitrogens is 2. The van der Waals surface area contributed by atoms with Gasteiger partial charge in [-0.05, 0) is 73.8 Å². The van der Waals surface area contributed by atoms with Crippen LogP contribution in [-0.4, -0.2) is 52.2 Å².